The molecular weight excluding hydrogens is 290 g/mol. The molecule has 1 aliphatic heterocycles. The van der Waals surface area contributed by atoms with Crippen LogP contribution in [0.3, 0.4) is 0 Å². The van der Waals surface area contributed by atoms with Crippen molar-refractivity contribution < 1.29 is 0 Å². The summed E-state index contributed by atoms with van der Waals surface area (Å²) in [7, 11) is 0. The van der Waals surface area contributed by atoms with E-state index in [9.17, 15) is 0 Å². The molecule has 3 nitrogen and oxygen atoms in total. The van der Waals surface area contributed by atoms with Crippen molar-refractivity contribution in [2.45, 2.75) is 57.9 Å². The maximum Gasteiger partial charge on any atom is 0.184 e. The van der Waals surface area contributed by atoms with Crippen molar-refractivity contribution in [3.63, 3.8) is 0 Å². The molecule has 1 aromatic heterocycles. The number of hydrogen-bond donors (Lipinski definition) is 1. The van der Waals surface area contributed by atoms with Crippen molar-refractivity contribution in [1.29, 1.82) is 0 Å². The standard InChI is InChI=1S/C18H25N3S/c1-2-21-10-6-7-13-11-17-15(12-16(13)21)20-18(22-17)19-14-8-4-3-5-9-14/h11-12,14H,2-10H2,1H3,(H,19,20). The van der Waals surface area contributed by atoms with E-state index in [1.54, 1.807) is 0 Å². The zero-order valence-electron chi connectivity index (χ0n) is 13.4. The first-order chi connectivity index (χ1) is 10.8. The summed E-state index contributed by atoms with van der Waals surface area (Å²) in [6.45, 7) is 4.53. The van der Waals surface area contributed by atoms with Crippen molar-refractivity contribution in [3.05, 3.63) is 17.7 Å². The van der Waals surface area contributed by atoms with Gasteiger partial charge in [0.2, 0.25) is 0 Å². The van der Waals surface area contributed by atoms with Gasteiger partial charge in [0.05, 0.1) is 10.2 Å². The van der Waals surface area contributed by atoms with E-state index >= 15 is 0 Å². The average molecular weight is 315 g/mol. The Morgan fingerprint density at radius 1 is 1.23 bits per heavy atom. The number of aryl methyl sites for hydroxylation is 1. The average Bonchev–Trinajstić information content (AvgIpc) is 2.94. The highest BCUT2D eigenvalue weighted by Gasteiger charge is 2.19. The third-order valence-electron chi connectivity index (χ3n) is 5.12. The van der Waals surface area contributed by atoms with E-state index in [2.05, 4.69) is 29.3 Å². The number of anilines is 2. The number of hydrogen-bond acceptors (Lipinski definition) is 4. The minimum atomic E-state index is 0.635. The highest BCUT2D eigenvalue weighted by molar-refractivity contribution is 7.22. The van der Waals surface area contributed by atoms with Crippen LogP contribution >= 0.6 is 11.3 Å². The topological polar surface area (TPSA) is 28.2 Å². The van der Waals surface area contributed by atoms with Gasteiger partial charge in [0.15, 0.2) is 5.13 Å². The molecule has 0 unspecified atom stereocenters. The Kier molecular flexibility index (Phi) is 3.95. The quantitative estimate of drug-likeness (QED) is 0.880. The molecule has 2 aromatic rings. The van der Waals surface area contributed by atoms with Gasteiger partial charge in [0.1, 0.15) is 0 Å². The summed E-state index contributed by atoms with van der Waals surface area (Å²) in [6.07, 6.45) is 9.22. The minimum absolute atomic E-state index is 0.635. The fraction of sp³-hybridized carbons (Fsp3) is 0.611. The van der Waals surface area contributed by atoms with E-state index in [1.165, 1.54) is 73.0 Å². The van der Waals surface area contributed by atoms with Crippen LogP contribution in [0.25, 0.3) is 10.2 Å². The smallest absolute Gasteiger partial charge is 0.184 e. The number of fused-ring (bicyclic) bond motifs is 2. The van der Waals surface area contributed by atoms with Gasteiger partial charge in [0, 0.05) is 24.8 Å². The Labute approximate surface area is 136 Å². The maximum atomic E-state index is 4.86. The Morgan fingerprint density at radius 2 is 2.09 bits per heavy atom. The van der Waals surface area contributed by atoms with Crippen molar-refractivity contribution in [2.75, 3.05) is 23.3 Å². The number of nitrogens with one attached hydrogen (secondary N) is 1. The molecule has 0 atom stereocenters. The molecule has 2 aliphatic rings. The largest absolute Gasteiger partial charge is 0.372 e. The predicted octanol–water partition coefficient (Wildman–Crippen LogP) is 4.81. The Morgan fingerprint density at radius 3 is 2.91 bits per heavy atom. The summed E-state index contributed by atoms with van der Waals surface area (Å²) < 4.78 is 1.34. The highest BCUT2D eigenvalue weighted by atomic mass is 32.1. The lowest BCUT2D eigenvalue weighted by Crippen LogP contribution is -2.28. The molecule has 0 bridgehead atoms. The fourth-order valence-electron chi connectivity index (χ4n) is 3.89. The third-order valence-corrected chi connectivity index (χ3v) is 6.07. The number of benzene rings is 1. The predicted molar refractivity (Wildman–Crippen MR) is 96.3 cm³/mol. The lowest BCUT2D eigenvalue weighted by atomic mass is 9.96. The normalized spacial score (nSPS) is 19.4. The molecule has 0 radical (unpaired) electrons. The van der Waals surface area contributed by atoms with Gasteiger partial charge in [-0.1, -0.05) is 30.6 Å². The van der Waals surface area contributed by atoms with Gasteiger partial charge < -0.3 is 10.2 Å². The van der Waals surface area contributed by atoms with Gasteiger partial charge in [-0.25, -0.2) is 4.98 Å². The van der Waals surface area contributed by atoms with E-state index in [1.807, 2.05) is 11.3 Å². The minimum Gasteiger partial charge on any atom is -0.372 e. The van der Waals surface area contributed by atoms with Gasteiger partial charge in [0.25, 0.3) is 0 Å². The second kappa shape index (κ2) is 6.07. The van der Waals surface area contributed by atoms with Gasteiger partial charge in [-0.15, -0.1) is 0 Å². The fourth-order valence-corrected chi connectivity index (χ4v) is 4.88. The van der Waals surface area contributed by atoms with Crippen LogP contribution in [0.15, 0.2) is 12.1 Å². The summed E-state index contributed by atoms with van der Waals surface area (Å²) in [6, 6.07) is 5.34. The molecule has 1 aromatic carbocycles. The molecule has 22 heavy (non-hydrogen) atoms. The van der Waals surface area contributed by atoms with Crippen LogP contribution in [-0.4, -0.2) is 24.1 Å². The van der Waals surface area contributed by atoms with E-state index in [-0.39, 0.29) is 0 Å². The molecule has 118 valence electrons. The van der Waals surface area contributed by atoms with E-state index in [0.29, 0.717) is 6.04 Å². The molecule has 4 heteroatoms. The van der Waals surface area contributed by atoms with Crippen LogP contribution in [0.5, 0.6) is 0 Å². The third kappa shape index (κ3) is 2.69. The van der Waals surface area contributed by atoms with Crippen molar-refractivity contribution in [3.8, 4) is 0 Å². The van der Waals surface area contributed by atoms with Crippen molar-refractivity contribution in [1.82, 2.24) is 4.98 Å². The lowest BCUT2D eigenvalue weighted by molar-refractivity contribution is 0.462. The highest BCUT2D eigenvalue weighted by Crippen LogP contribution is 2.36. The van der Waals surface area contributed by atoms with Gasteiger partial charge in [-0.2, -0.15) is 0 Å². The molecule has 2 heterocycles. The zero-order chi connectivity index (χ0) is 14.9. The van der Waals surface area contributed by atoms with Crippen molar-refractivity contribution >= 4 is 32.4 Å². The summed E-state index contributed by atoms with van der Waals surface area (Å²) in [5.41, 5.74) is 4.09. The SMILES string of the molecule is CCN1CCCc2cc3sc(NC4CCCCC4)nc3cc21. The molecular formula is C18H25N3S. The second-order valence-corrected chi connectivity index (χ2v) is 7.66. The first-order valence-corrected chi connectivity index (χ1v) is 9.60. The Hall–Kier alpha value is -1.29. The van der Waals surface area contributed by atoms with Gasteiger partial charge in [-0.3, -0.25) is 0 Å². The van der Waals surface area contributed by atoms with Crippen LogP contribution in [0.1, 0.15) is 51.0 Å². The van der Waals surface area contributed by atoms with E-state index in [4.69, 9.17) is 4.98 Å². The summed E-state index contributed by atoms with van der Waals surface area (Å²) in [4.78, 5) is 7.36. The summed E-state index contributed by atoms with van der Waals surface area (Å²) in [5.74, 6) is 0. The molecule has 0 spiro atoms. The van der Waals surface area contributed by atoms with E-state index < -0.39 is 0 Å². The van der Waals surface area contributed by atoms with E-state index in [0.717, 1.165) is 11.7 Å². The summed E-state index contributed by atoms with van der Waals surface area (Å²) >= 11 is 1.83. The first kappa shape index (κ1) is 14.3. The summed E-state index contributed by atoms with van der Waals surface area (Å²) in [5, 5.41) is 4.80. The second-order valence-electron chi connectivity index (χ2n) is 6.63. The molecule has 1 fully saturated rings. The molecule has 0 saturated heterocycles. The number of thiazole rings is 1. The number of nitrogens with zero attached hydrogens (tertiary/aromatic N) is 2. The Bertz CT molecular complexity index is 658. The van der Waals surface area contributed by atoms with Crippen LogP contribution in [0, 0.1) is 0 Å². The number of aromatic nitrogens is 1. The molecule has 1 saturated carbocycles. The molecule has 4 rings (SSSR count). The number of rotatable bonds is 3. The maximum absolute atomic E-state index is 4.86. The van der Waals surface area contributed by atoms with Crippen LogP contribution in [-0.2, 0) is 6.42 Å². The van der Waals surface area contributed by atoms with Crippen LogP contribution in [0.2, 0.25) is 0 Å². The van der Waals surface area contributed by atoms with Crippen LogP contribution < -0.4 is 10.2 Å². The molecule has 1 aliphatic carbocycles. The molecule has 1 N–H and O–H groups in total. The molecule has 0 amide bonds. The first-order valence-electron chi connectivity index (χ1n) is 8.78. The van der Waals surface area contributed by atoms with Crippen molar-refractivity contribution in [2.24, 2.45) is 0 Å². The van der Waals surface area contributed by atoms with Crippen LogP contribution in [0.4, 0.5) is 10.8 Å². The Balaban J connectivity index is 1.63. The van der Waals surface area contributed by atoms with Gasteiger partial charge in [-0.05, 0) is 50.3 Å². The monoisotopic (exact) mass is 315 g/mol. The zero-order valence-corrected chi connectivity index (χ0v) is 14.2. The van der Waals surface area contributed by atoms with Gasteiger partial charge >= 0.3 is 0 Å². The lowest BCUT2D eigenvalue weighted by Gasteiger charge is -2.30.